The first-order valence-corrected chi connectivity index (χ1v) is 7.71. The van der Waals surface area contributed by atoms with Gasteiger partial charge < -0.3 is 9.73 Å². The molecule has 2 rings (SSSR count). The average molecular weight is 345 g/mol. The maximum absolute atomic E-state index is 5.67. The van der Waals surface area contributed by atoms with E-state index in [1.165, 1.54) is 0 Å². The third-order valence-corrected chi connectivity index (χ3v) is 4.23. The Morgan fingerprint density at radius 2 is 2.26 bits per heavy atom. The largest absolute Gasteiger partial charge is 0.419 e. The van der Waals surface area contributed by atoms with Gasteiger partial charge in [-0.25, -0.2) is 0 Å². The van der Waals surface area contributed by atoms with Crippen LogP contribution in [0.2, 0.25) is 0 Å². The first-order chi connectivity index (χ1) is 9.19. The summed E-state index contributed by atoms with van der Waals surface area (Å²) in [5, 5.41) is 11.3. The summed E-state index contributed by atoms with van der Waals surface area (Å²) in [6.45, 7) is 2.70. The van der Waals surface area contributed by atoms with Gasteiger partial charge in [-0.2, -0.15) is 0 Å². The van der Waals surface area contributed by atoms with Crippen LogP contribution in [0.5, 0.6) is 0 Å². The van der Waals surface area contributed by atoms with E-state index in [-0.39, 0.29) is 0 Å². The Morgan fingerprint density at radius 3 is 2.95 bits per heavy atom. The molecule has 0 fully saturated rings. The molecule has 2 aromatic heterocycles. The number of rotatable bonds is 7. The summed E-state index contributed by atoms with van der Waals surface area (Å²) in [4.78, 5) is 3.17. The van der Waals surface area contributed by atoms with E-state index in [1.807, 2.05) is 19.2 Å². The predicted octanol–water partition coefficient (Wildman–Crippen LogP) is 2.60. The van der Waals surface area contributed by atoms with Crippen molar-refractivity contribution in [3.05, 3.63) is 21.8 Å². The van der Waals surface area contributed by atoms with Crippen LogP contribution in [-0.4, -0.2) is 42.3 Å². The van der Waals surface area contributed by atoms with Crippen LogP contribution < -0.4 is 5.32 Å². The lowest BCUT2D eigenvalue weighted by Gasteiger charge is -2.13. The van der Waals surface area contributed by atoms with E-state index in [2.05, 4.69) is 43.4 Å². The normalized spacial score (nSPS) is 11.4. The molecule has 2 heterocycles. The highest BCUT2D eigenvalue weighted by Gasteiger charge is 2.12. The number of thiophene rings is 1. The zero-order valence-electron chi connectivity index (χ0n) is 11.0. The predicted molar refractivity (Wildman–Crippen MR) is 80.2 cm³/mol. The highest BCUT2D eigenvalue weighted by atomic mass is 79.9. The Balaban J connectivity index is 1.90. The van der Waals surface area contributed by atoms with Crippen LogP contribution in [0.25, 0.3) is 10.8 Å². The van der Waals surface area contributed by atoms with Gasteiger partial charge in [0.1, 0.15) is 0 Å². The maximum atomic E-state index is 5.67. The SMILES string of the molecule is CNCCCN(C)Cc1nnc(-c2ccc(Br)s2)o1. The summed E-state index contributed by atoms with van der Waals surface area (Å²) in [7, 11) is 4.02. The molecule has 0 aliphatic heterocycles. The molecule has 104 valence electrons. The second-order valence-corrected chi connectivity index (χ2v) is 6.76. The van der Waals surface area contributed by atoms with E-state index >= 15 is 0 Å². The quantitative estimate of drug-likeness (QED) is 0.782. The molecule has 0 bridgehead atoms. The lowest BCUT2D eigenvalue weighted by molar-refractivity contribution is 0.286. The topological polar surface area (TPSA) is 54.2 Å². The third kappa shape index (κ3) is 4.38. The van der Waals surface area contributed by atoms with Gasteiger partial charge in [-0.15, -0.1) is 21.5 Å². The van der Waals surface area contributed by atoms with Crippen LogP contribution in [0.15, 0.2) is 20.3 Å². The zero-order chi connectivity index (χ0) is 13.7. The smallest absolute Gasteiger partial charge is 0.257 e. The van der Waals surface area contributed by atoms with Crippen molar-refractivity contribution in [2.24, 2.45) is 0 Å². The second-order valence-electron chi connectivity index (χ2n) is 4.30. The molecule has 0 aromatic carbocycles. The first kappa shape index (κ1) is 14.6. The maximum Gasteiger partial charge on any atom is 0.257 e. The van der Waals surface area contributed by atoms with Gasteiger partial charge in [0.15, 0.2) is 0 Å². The second kappa shape index (κ2) is 7.14. The number of nitrogens with one attached hydrogen (secondary N) is 1. The van der Waals surface area contributed by atoms with Gasteiger partial charge in [-0.3, -0.25) is 4.90 Å². The van der Waals surface area contributed by atoms with Crippen molar-refractivity contribution < 1.29 is 4.42 Å². The molecule has 5 nitrogen and oxygen atoms in total. The third-order valence-electron chi connectivity index (χ3n) is 2.62. The van der Waals surface area contributed by atoms with Gasteiger partial charge in [0, 0.05) is 0 Å². The van der Waals surface area contributed by atoms with Gasteiger partial charge in [-0.1, -0.05) is 0 Å². The van der Waals surface area contributed by atoms with E-state index in [1.54, 1.807) is 11.3 Å². The highest BCUT2D eigenvalue weighted by molar-refractivity contribution is 9.11. The zero-order valence-corrected chi connectivity index (χ0v) is 13.4. The van der Waals surface area contributed by atoms with Crippen molar-refractivity contribution in [3.8, 4) is 10.8 Å². The summed E-state index contributed by atoms with van der Waals surface area (Å²) in [6, 6.07) is 3.95. The minimum Gasteiger partial charge on any atom is -0.419 e. The van der Waals surface area contributed by atoms with E-state index in [0.717, 1.165) is 28.2 Å². The molecule has 0 aliphatic carbocycles. The molecular weight excluding hydrogens is 328 g/mol. The first-order valence-electron chi connectivity index (χ1n) is 6.10. The number of hydrogen-bond acceptors (Lipinski definition) is 6. The molecule has 0 saturated carbocycles. The van der Waals surface area contributed by atoms with Crippen LogP contribution in [0.3, 0.4) is 0 Å². The summed E-state index contributed by atoms with van der Waals surface area (Å²) in [5.41, 5.74) is 0. The van der Waals surface area contributed by atoms with E-state index in [4.69, 9.17) is 4.42 Å². The van der Waals surface area contributed by atoms with E-state index in [0.29, 0.717) is 18.3 Å². The fourth-order valence-corrected chi connectivity index (χ4v) is 2.99. The van der Waals surface area contributed by atoms with Crippen molar-refractivity contribution in [3.63, 3.8) is 0 Å². The average Bonchev–Trinajstić information content (AvgIpc) is 2.98. The molecular formula is C12H17BrN4OS. The molecule has 2 aromatic rings. The van der Waals surface area contributed by atoms with Crippen LogP contribution >= 0.6 is 27.3 Å². The van der Waals surface area contributed by atoms with Gasteiger partial charge in [0.25, 0.3) is 5.89 Å². The molecule has 7 heteroatoms. The van der Waals surface area contributed by atoms with Gasteiger partial charge >= 0.3 is 0 Å². The lowest BCUT2D eigenvalue weighted by Crippen LogP contribution is -2.22. The monoisotopic (exact) mass is 344 g/mol. The Kier molecular flexibility index (Phi) is 5.50. The molecule has 19 heavy (non-hydrogen) atoms. The molecule has 0 saturated heterocycles. The van der Waals surface area contributed by atoms with Crippen molar-refractivity contribution in [2.75, 3.05) is 27.2 Å². The van der Waals surface area contributed by atoms with Crippen molar-refractivity contribution >= 4 is 27.3 Å². The molecule has 0 spiro atoms. The summed E-state index contributed by atoms with van der Waals surface area (Å²) < 4.78 is 6.73. The highest BCUT2D eigenvalue weighted by Crippen LogP contribution is 2.30. The Morgan fingerprint density at radius 1 is 1.42 bits per heavy atom. The van der Waals surface area contributed by atoms with Gasteiger partial charge in [-0.05, 0) is 61.7 Å². The van der Waals surface area contributed by atoms with Crippen molar-refractivity contribution in [2.45, 2.75) is 13.0 Å². The molecule has 0 radical (unpaired) electrons. The fourth-order valence-electron chi connectivity index (χ4n) is 1.68. The van der Waals surface area contributed by atoms with E-state index in [9.17, 15) is 0 Å². The van der Waals surface area contributed by atoms with Crippen molar-refractivity contribution in [1.29, 1.82) is 0 Å². The lowest BCUT2D eigenvalue weighted by atomic mass is 10.4. The summed E-state index contributed by atoms with van der Waals surface area (Å²) >= 11 is 5.01. The molecule has 1 N–H and O–H groups in total. The van der Waals surface area contributed by atoms with Crippen LogP contribution in [-0.2, 0) is 6.54 Å². The summed E-state index contributed by atoms with van der Waals surface area (Å²) in [6.07, 6.45) is 1.10. The van der Waals surface area contributed by atoms with Crippen LogP contribution in [0.1, 0.15) is 12.3 Å². The molecule has 0 amide bonds. The van der Waals surface area contributed by atoms with Gasteiger partial charge in [0.2, 0.25) is 5.89 Å². The molecule has 0 aliphatic rings. The summed E-state index contributed by atoms with van der Waals surface area (Å²) in [5.74, 6) is 1.25. The van der Waals surface area contributed by atoms with E-state index < -0.39 is 0 Å². The van der Waals surface area contributed by atoms with Crippen LogP contribution in [0.4, 0.5) is 0 Å². The Bertz CT molecular complexity index is 513. The number of halogens is 1. The Labute approximate surface area is 125 Å². The fraction of sp³-hybridized carbons (Fsp3) is 0.500. The van der Waals surface area contributed by atoms with Crippen molar-refractivity contribution in [1.82, 2.24) is 20.4 Å². The van der Waals surface area contributed by atoms with Crippen LogP contribution in [0, 0.1) is 0 Å². The number of nitrogens with zero attached hydrogens (tertiary/aromatic N) is 3. The number of aromatic nitrogens is 2. The Hall–Kier alpha value is -0.760. The minimum atomic E-state index is 0.592. The minimum absolute atomic E-state index is 0.592. The number of hydrogen-bond donors (Lipinski definition) is 1. The standard InChI is InChI=1S/C12H17BrN4OS/c1-14-6-3-7-17(2)8-11-15-16-12(18-11)9-4-5-10(13)19-9/h4-5,14H,3,6-8H2,1-2H3. The molecule has 0 unspecified atom stereocenters. The molecule has 0 atom stereocenters. The van der Waals surface area contributed by atoms with Gasteiger partial charge in [0.05, 0.1) is 15.2 Å².